The fourth-order valence-corrected chi connectivity index (χ4v) is 0.400. The van der Waals surface area contributed by atoms with Gasteiger partial charge in [-0.25, -0.2) is 0 Å². The van der Waals surface area contributed by atoms with E-state index in [1.807, 2.05) is 6.08 Å². The molecule has 0 saturated heterocycles. The predicted molar refractivity (Wildman–Crippen MR) is 40.6 cm³/mol. The van der Waals surface area contributed by atoms with E-state index in [0.29, 0.717) is 13.1 Å². The number of carbonyl (C=O) groups excluding carboxylic acids is 1. The highest BCUT2D eigenvalue weighted by molar-refractivity contribution is 5.36. The van der Waals surface area contributed by atoms with E-state index in [2.05, 4.69) is 11.3 Å². The Morgan fingerprint density at radius 1 is 1.70 bits per heavy atom. The van der Waals surface area contributed by atoms with Crippen LogP contribution in [-0.4, -0.2) is 13.1 Å². The van der Waals surface area contributed by atoms with Gasteiger partial charge in [-0.2, -0.15) is 0 Å². The molecule has 1 aliphatic rings. The zero-order chi connectivity index (χ0) is 7.82. The van der Waals surface area contributed by atoms with Crippen LogP contribution in [0.25, 0.3) is 0 Å². The van der Waals surface area contributed by atoms with Gasteiger partial charge >= 0.3 is 0 Å². The highest BCUT2D eigenvalue weighted by Crippen LogP contribution is 2.28. The Hall–Kier alpha value is -0.790. The van der Waals surface area contributed by atoms with Gasteiger partial charge in [0.1, 0.15) is 0 Å². The topological polar surface area (TPSA) is 26.3 Å². The molecule has 0 aromatic rings. The van der Waals surface area contributed by atoms with Crippen molar-refractivity contribution in [1.29, 1.82) is 0 Å². The Morgan fingerprint density at radius 3 is 2.30 bits per heavy atom. The molecule has 1 fully saturated rings. The van der Waals surface area contributed by atoms with E-state index >= 15 is 0 Å². The lowest BCUT2D eigenvalue weighted by molar-refractivity contribution is -0.128. The molecule has 0 bridgehead atoms. The maximum atomic E-state index is 9.18. The van der Waals surface area contributed by atoms with Gasteiger partial charge in [-0.3, -0.25) is 4.79 Å². The van der Waals surface area contributed by atoms with Crippen LogP contribution in [0, 0.1) is 5.92 Å². The van der Waals surface area contributed by atoms with Gasteiger partial charge in [-0.15, -0.1) is 6.58 Å². The molecule has 0 aromatic carbocycles. The van der Waals surface area contributed by atoms with Crippen molar-refractivity contribution < 1.29 is 9.53 Å². The molecule has 0 heterocycles. The van der Waals surface area contributed by atoms with Crippen LogP contribution in [0.2, 0.25) is 0 Å². The third kappa shape index (κ3) is 7.21. The summed E-state index contributed by atoms with van der Waals surface area (Å²) < 4.78 is 4.15. The van der Waals surface area contributed by atoms with Gasteiger partial charge < -0.3 is 4.74 Å². The van der Waals surface area contributed by atoms with E-state index in [9.17, 15) is 4.79 Å². The predicted octanol–water partition coefficient (Wildman–Crippen LogP) is 1.76. The Morgan fingerprint density at radius 2 is 2.30 bits per heavy atom. The highest BCUT2D eigenvalue weighted by atomic mass is 16.5. The minimum Gasteiger partial charge on any atom is -0.468 e. The summed E-state index contributed by atoms with van der Waals surface area (Å²) >= 11 is 0. The average molecular weight is 142 g/mol. The van der Waals surface area contributed by atoms with Gasteiger partial charge in [-0.05, 0) is 25.7 Å². The molecule has 0 aromatic heterocycles. The first kappa shape index (κ1) is 9.21. The number of allylic oxidation sites excluding steroid dienone is 1. The molecule has 1 rings (SSSR count). The molecule has 0 atom stereocenters. The molecule has 58 valence electrons. The van der Waals surface area contributed by atoms with Crippen molar-refractivity contribution in [3.8, 4) is 0 Å². The summed E-state index contributed by atoms with van der Waals surface area (Å²) in [5.41, 5.74) is 0. The number of rotatable bonds is 3. The Labute approximate surface area is 61.9 Å². The Balaban J connectivity index is 0.000000162. The molecule has 0 unspecified atom stereocenters. The van der Waals surface area contributed by atoms with Gasteiger partial charge in [0.25, 0.3) is 6.47 Å². The lowest BCUT2D eigenvalue weighted by atomic mass is 10.4. The average Bonchev–Trinajstić information content (AvgIpc) is 2.72. The minimum atomic E-state index is 0.431. The monoisotopic (exact) mass is 142 g/mol. The zero-order valence-corrected chi connectivity index (χ0v) is 6.38. The SMILES string of the molecule is C=CC1CC1.CCOC=O. The third-order valence-corrected chi connectivity index (χ3v) is 1.19. The molecular formula is C8H14O2. The maximum absolute atomic E-state index is 9.18. The molecular weight excluding hydrogens is 128 g/mol. The van der Waals surface area contributed by atoms with E-state index < -0.39 is 0 Å². The van der Waals surface area contributed by atoms with Gasteiger partial charge in [0.2, 0.25) is 0 Å². The summed E-state index contributed by atoms with van der Waals surface area (Å²) in [6, 6.07) is 0. The van der Waals surface area contributed by atoms with Crippen molar-refractivity contribution in [1.82, 2.24) is 0 Å². The molecule has 0 spiro atoms. The number of carbonyl (C=O) groups is 1. The molecule has 2 heteroatoms. The molecule has 10 heavy (non-hydrogen) atoms. The van der Waals surface area contributed by atoms with Gasteiger partial charge in [0.05, 0.1) is 6.61 Å². The maximum Gasteiger partial charge on any atom is 0.293 e. The smallest absolute Gasteiger partial charge is 0.293 e. The van der Waals surface area contributed by atoms with Crippen molar-refractivity contribution in [2.24, 2.45) is 5.92 Å². The van der Waals surface area contributed by atoms with Crippen LogP contribution in [0.5, 0.6) is 0 Å². The standard InChI is InChI=1S/C5H8.C3H6O2/c1-2-5-3-4-5;1-2-5-3-4/h2,5H,1,3-4H2;3H,2H2,1H3. The third-order valence-electron chi connectivity index (χ3n) is 1.19. The van der Waals surface area contributed by atoms with Crippen LogP contribution >= 0.6 is 0 Å². The highest BCUT2D eigenvalue weighted by Gasteiger charge is 2.15. The molecule has 1 aliphatic carbocycles. The summed E-state index contributed by atoms with van der Waals surface area (Å²) in [4.78, 5) is 9.18. The van der Waals surface area contributed by atoms with Crippen LogP contribution in [0.1, 0.15) is 19.8 Å². The van der Waals surface area contributed by atoms with Crippen LogP contribution < -0.4 is 0 Å². The lowest BCUT2D eigenvalue weighted by Gasteiger charge is -1.79. The molecule has 2 nitrogen and oxygen atoms in total. The molecule has 1 saturated carbocycles. The lowest BCUT2D eigenvalue weighted by Crippen LogP contribution is -1.80. The van der Waals surface area contributed by atoms with E-state index in [0.717, 1.165) is 5.92 Å². The number of hydrogen-bond donors (Lipinski definition) is 0. The first-order chi connectivity index (χ1) is 4.85. The second-order valence-electron chi connectivity index (χ2n) is 2.12. The van der Waals surface area contributed by atoms with E-state index in [1.165, 1.54) is 12.8 Å². The fourth-order valence-electron chi connectivity index (χ4n) is 0.400. The van der Waals surface area contributed by atoms with Crippen molar-refractivity contribution in [3.05, 3.63) is 12.7 Å². The molecule has 0 amide bonds. The van der Waals surface area contributed by atoms with Crippen LogP contribution in [0.4, 0.5) is 0 Å². The molecule has 0 radical (unpaired) electrons. The summed E-state index contributed by atoms with van der Waals surface area (Å²) in [5, 5.41) is 0. The summed E-state index contributed by atoms with van der Waals surface area (Å²) in [6.07, 6.45) is 4.81. The minimum absolute atomic E-state index is 0.431. The van der Waals surface area contributed by atoms with Gasteiger partial charge in [0, 0.05) is 0 Å². The van der Waals surface area contributed by atoms with Crippen molar-refractivity contribution in [3.63, 3.8) is 0 Å². The first-order valence-electron chi connectivity index (χ1n) is 3.53. The summed E-state index contributed by atoms with van der Waals surface area (Å²) in [7, 11) is 0. The second-order valence-corrected chi connectivity index (χ2v) is 2.12. The normalized spacial score (nSPS) is 14.5. The fraction of sp³-hybridized carbons (Fsp3) is 0.625. The van der Waals surface area contributed by atoms with Gasteiger partial charge in [-0.1, -0.05) is 6.08 Å². The molecule has 0 N–H and O–H groups in total. The second kappa shape index (κ2) is 6.33. The van der Waals surface area contributed by atoms with Crippen molar-refractivity contribution in [2.45, 2.75) is 19.8 Å². The van der Waals surface area contributed by atoms with Crippen LogP contribution in [-0.2, 0) is 9.53 Å². The quantitative estimate of drug-likeness (QED) is 0.443. The van der Waals surface area contributed by atoms with Crippen LogP contribution in [0.15, 0.2) is 12.7 Å². The van der Waals surface area contributed by atoms with E-state index in [-0.39, 0.29) is 0 Å². The van der Waals surface area contributed by atoms with Crippen molar-refractivity contribution >= 4 is 6.47 Å². The van der Waals surface area contributed by atoms with E-state index in [1.54, 1.807) is 6.92 Å². The number of hydrogen-bond acceptors (Lipinski definition) is 2. The van der Waals surface area contributed by atoms with Crippen LogP contribution in [0.3, 0.4) is 0 Å². The van der Waals surface area contributed by atoms with Crippen molar-refractivity contribution in [2.75, 3.05) is 6.61 Å². The zero-order valence-electron chi connectivity index (χ0n) is 6.38. The molecule has 0 aliphatic heterocycles. The summed E-state index contributed by atoms with van der Waals surface area (Å²) in [6.45, 7) is 6.29. The first-order valence-corrected chi connectivity index (χ1v) is 3.53. The van der Waals surface area contributed by atoms with E-state index in [4.69, 9.17) is 0 Å². The largest absolute Gasteiger partial charge is 0.468 e. The Bertz CT molecular complexity index is 95.4. The van der Waals surface area contributed by atoms with Gasteiger partial charge in [0.15, 0.2) is 0 Å². The summed E-state index contributed by atoms with van der Waals surface area (Å²) in [5.74, 6) is 0.898. The Kier molecular flexibility index (Phi) is 5.83. The number of ether oxygens (including phenoxy) is 1.